The van der Waals surface area contributed by atoms with Crippen LogP contribution < -0.4 is 20.1 Å². The number of hydrogen-bond donors (Lipinski definition) is 3. The van der Waals surface area contributed by atoms with Crippen molar-refractivity contribution in [3.63, 3.8) is 0 Å². The summed E-state index contributed by atoms with van der Waals surface area (Å²) >= 11 is 12.7. The Morgan fingerprint density at radius 1 is 0.667 bits per heavy atom. The highest BCUT2D eigenvalue weighted by atomic mass is 35.5. The third-order valence-corrected chi connectivity index (χ3v) is 11.1. The van der Waals surface area contributed by atoms with Gasteiger partial charge in [-0.3, -0.25) is 24.2 Å². The lowest BCUT2D eigenvalue weighted by Crippen LogP contribution is -2.24. The van der Waals surface area contributed by atoms with Gasteiger partial charge >= 0.3 is 0 Å². The number of ketones is 2. The van der Waals surface area contributed by atoms with Crippen LogP contribution in [0.4, 0.5) is 11.4 Å². The van der Waals surface area contributed by atoms with Crippen molar-refractivity contribution in [2.75, 3.05) is 24.9 Å². The van der Waals surface area contributed by atoms with E-state index in [0.29, 0.717) is 72.4 Å². The molecule has 5 aromatic heterocycles. The molecule has 0 saturated carbocycles. The van der Waals surface area contributed by atoms with Crippen molar-refractivity contribution >= 4 is 79.9 Å². The van der Waals surface area contributed by atoms with Crippen LogP contribution in [-0.2, 0) is 22.7 Å². The molecule has 3 aromatic carbocycles. The van der Waals surface area contributed by atoms with Gasteiger partial charge in [0.1, 0.15) is 5.75 Å². The zero-order valence-corrected chi connectivity index (χ0v) is 35.7. The van der Waals surface area contributed by atoms with Crippen molar-refractivity contribution in [1.82, 2.24) is 24.1 Å². The fraction of sp³-hybridized carbons (Fsp3) is 0.128. The van der Waals surface area contributed by atoms with Crippen molar-refractivity contribution in [2.45, 2.75) is 26.9 Å². The van der Waals surface area contributed by atoms with Gasteiger partial charge in [0.15, 0.2) is 0 Å². The minimum absolute atomic E-state index is 0.0936. The van der Waals surface area contributed by atoms with Gasteiger partial charge in [-0.2, -0.15) is 0 Å². The number of halogens is 2. The number of anilines is 2. The maximum Gasteiger partial charge on any atom is 0.296 e. The number of aromatic hydroxyl groups is 1. The summed E-state index contributed by atoms with van der Waals surface area (Å²) in [6, 6.07) is 26.9. The minimum atomic E-state index is -0.901. The molecule has 16 heteroatoms. The molecule has 3 N–H and O–H groups in total. The topological polar surface area (TPSA) is 180 Å². The molecule has 14 nitrogen and oxygen atoms in total. The monoisotopic (exact) mass is 881 g/mol. The van der Waals surface area contributed by atoms with Gasteiger partial charge in [0.05, 0.1) is 42.1 Å². The van der Waals surface area contributed by atoms with E-state index in [1.54, 1.807) is 68.6 Å². The van der Waals surface area contributed by atoms with E-state index < -0.39 is 23.4 Å². The molecule has 0 atom stereocenters. The number of aromatic nitrogens is 5. The number of rotatable bonds is 13. The van der Waals surface area contributed by atoms with E-state index in [1.165, 1.54) is 50.7 Å². The molecule has 0 spiro atoms. The average molecular weight is 883 g/mol. The molecule has 0 aliphatic rings. The Labute approximate surface area is 370 Å². The van der Waals surface area contributed by atoms with E-state index in [4.69, 9.17) is 32.7 Å². The van der Waals surface area contributed by atoms with Crippen LogP contribution in [0.1, 0.15) is 43.2 Å². The summed E-state index contributed by atoms with van der Waals surface area (Å²) in [5.74, 6) is -3.11. The zero-order chi connectivity index (χ0) is 44.5. The third-order valence-electron chi connectivity index (χ3n) is 10.7. The largest absolute Gasteiger partial charge is 0.508 e. The number of fused-ring (bicyclic) bond motifs is 2. The Bertz CT molecular complexity index is 3140. The lowest BCUT2D eigenvalue weighted by molar-refractivity contribution is -0.113. The molecule has 8 rings (SSSR count). The molecular formula is C47H37Cl2N7O7. The van der Waals surface area contributed by atoms with Crippen molar-refractivity contribution < 1.29 is 33.8 Å². The first-order valence-electron chi connectivity index (χ1n) is 19.4. The van der Waals surface area contributed by atoms with Crippen molar-refractivity contribution in [3.05, 3.63) is 153 Å². The molecule has 63 heavy (non-hydrogen) atoms. The summed E-state index contributed by atoms with van der Waals surface area (Å²) in [5.41, 5.74) is 6.00. The van der Waals surface area contributed by atoms with Gasteiger partial charge in [0.25, 0.3) is 23.4 Å². The van der Waals surface area contributed by atoms with Gasteiger partial charge < -0.3 is 34.3 Å². The molecular weight excluding hydrogens is 845 g/mol. The molecule has 2 amide bonds. The molecule has 0 aliphatic carbocycles. The fourth-order valence-corrected chi connectivity index (χ4v) is 7.92. The second kappa shape index (κ2) is 17.4. The van der Waals surface area contributed by atoms with Gasteiger partial charge in [0, 0.05) is 86.9 Å². The molecule has 0 aliphatic heterocycles. The smallest absolute Gasteiger partial charge is 0.296 e. The van der Waals surface area contributed by atoms with Crippen LogP contribution in [0.2, 0.25) is 10.0 Å². The number of methoxy groups -OCH3 is 2. The first kappa shape index (κ1) is 42.2. The zero-order valence-electron chi connectivity index (χ0n) is 34.2. The lowest BCUT2D eigenvalue weighted by atomic mass is 10.0. The average Bonchev–Trinajstić information content (AvgIpc) is 3.71. The summed E-state index contributed by atoms with van der Waals surface area (Å²) in [4.78, 5) is 68.4. The number of nitrogens with zero attached hydrogens (tertiary/aromatic N) is 5. The maximum absolute atomic E-state index is 14.1. The molecule has 8 aromatic rings. The van der Waals surface area contributed by atoms with Gasteiger partial charge in [-0.25, -0.2) is 9.97 Å². The van der Waals surface area contributed by atoms with Gasteiger partial charge in [-0.15, -0.1) is 0 Å². The number of ether oxygens (including phenoxy) is 2. The van der Waals surface area contributed by atoms with Crippen LogP contribution in [-0.4, -0.2) is 66.8 Å². The molecule has 316 valence electrons. The quantitative estimate of drug-likeness (QED) is 0.0748. The number of phenolic OH excluding ortho intramolecular Hbond substituents is 1. The summed E-state index contributed by atoms with van der Waals surface area (Å²) < 4.78 is 14.5. The number of Topliss-reactive ketones (excluding diaryl/α,β-unsaturated/α-hetero) is 2. The highest BCUT2D eigenvalue weighted by Gasteiger charge is 2.28. The second-order valence-electron chi connectivity index (χ2n) is 14.5. The number of carbonyl (C=O) groups is 4. The molecule has 0 fully saturated rings. The Balaban J connectivity index is 1.12. The first-order valence-corrected chi connectivity index (χ1v) is 20.2. The number of carbonyl (C=O) groups excluding carboxylic acids is 4. The number of hydrogen-bond acceptors (Lipinski definition) is 10. The van der Waals surface area contributed by atoms with Crippen LogP contribution in [0, 0.1) is 13.8 Å². The van der Waals surface area contributed by atoms with Crippen molar-refractivity contribution in [3.8, 4) is 28.8 Å². The molecule has 0 radical (unpaired) electrons. The second-order valence-corrected chi connectivity index (χ2v) is 15.4. The Morgan fingerprint density at radius 3 is 2.08 bits per heavy atom. The van der Waals surface area contributed by atoms with Crippen LogP contribution in [0.5, 0.6) is 17.5 Å². The summed E-state index contributed by atoms with van der Waals surface area (Å²) in [5, 5.41) is 17.2. The summed E-state index contributed by atoms with van der Waals surface area (Å²) in [6.45, 7) is 4.06. The highest BCUT2D eigenvalue weighted by molar-refractivity contribution is 6.49. The fourth-order valence-electron chi connectivity index (χ4n) is 7.62. The summed E-state index contributed by atoms with van der Waals surface area (Å²) in [6.07, 6.45) is 3.01. The predicted molar refractivity (Wildman–Crippen MR) is 240 cm³/mol. The SMILES string of the molecule is COc1cc(NC(=O)C(=O)c2c(C)n(Cc3ccc(Cl)cc3-c3cc(NC(=O)C(=O)c4c(C)n(Cc5ccc(Cl)cc5)c5cccnc45)cc(OC)n3)c3ccc(O)cc23)ccn1. The lowest BCUT2D eigenvalue weighted by Gasteiger charge is -2.15. The Kier molecular flexibility index (Phi) is 11.7. The minimum Gasteiger partial charge on any atom is -0.508 e. The van der Waals surface area contributed by atoms with E-state index in [2.05, 4.69) is 25.6 Å². The number of amides is 2. The van der Waals surface area contributed by atoms with Crippen LogP contribution in [0.25, 0.3) is 33.2 Å². The number of benzene rings is 3. The highest BCUT2D eigenvalue weighted by Crippen LogP contribution is 2.35. The van der Waals surface area contributed by atoms with Gasteiger partial charge in [0.2, 0.25) is 11.8 Å². The molecule has 5 heterocycles. The van der Waals surface area contributed by atoms with Crippen molar-refractivity contribution in [1.29, 1.82) is 0 Å². The summed E-state index contributed by atoms with van der Waals surface area (Å²) in [7, 11) is 2.86. The normalized spacial score (nSPS) is 11.1. The maximum atomic E-state index is 14.1. The Hall–Kier alpha value is -7.55. The molecule has 0 unspecified atom stereocenters. The van der Waals surface area contributed by atoms with Gasteiger partial charge in [-0.05, 0) is 91.7 Å². The van der Waals surface area contributed by atoms with E-state index in [9.17, 15) is 24.3 Å². The standard InChI is InChI=1S/C47H37Cl2N7O7/c1-25-41(44(58)46(60)52-31-15-17-50-39(20-31)62-3)35-22-33(57)13-14-37(35)56(25)24-28-9-12-30(49)18-34(28)36-19-32(21-40(54-36)63-4)53-47(61)45(59)42-26(2)55(38-6-5-16-51-43(38)42)23-27-7-10-29(48)11-8-27/h5-22,57H,23-24H2,1-4H3,(H,50,52,60)(H,53,54,61). The van der Waals surface area contributed by atoms with Crippen LogP contribution in [0.3, 0.4) is 0 Å². The predicted octanol–water partition coefficient (Wildman–Crippen LogP) is 8.83. The van der Waals surface area contributed by atoms with Crippen LogP contribution in [0.15, 0.2) is 109 Å². The van der Waals surface area contributed by atoms with Crippen LogP contribution >= 0.6 is 23.2 Å². The molecule has 0 saturated heterocycles. The number of pyridine rings is 3. The van der Waals surface area contributed by atoms with Crippen molar-refractivity contribution in [2.24, 2.45) is 0 Å². The number of nitrogens with one attached hydrogen (secondary N) is 2. The van der Waals surface area contributed by atoms with E-state index in [-0.39, 0.29) is 40.9 Å². The van der Waals surface area contributed by atoms with E-state index >= 15 is 0 Å². The first-order chi connectivity index (χ1) is 30.3. The van der Waals surface area contributed by atoms with Gasteiger partial charge in [-0.1, -0.05) is 41.4 Å². The molecule has 0 bridgehead atoms. The van der Waals surface area contributed by atoms with E-state index in [0.717, 1.165) is 5.56 Å². The third kappa shape index (κ3) is 8.41. The Morgan fingerprint density at radius 2 is 1.33 bits per heavy atom. The van der Waals surface area contributed by atoms with E-state index in [1.807, 2.05) is 27.3 Å². The number of phenols is 1.